The molecule has 0 spiro atoms. The van der Waals surface area contributed by atoms with Gasteiger partial charge in [0.2, 0.25) is 0 Å². The molecule has 1 aromatic carbocycles. The molecule has 3 aromatic rings. The lowest BCUT2D eigenvalue weighted by Crippen LogP contribution is -2.31. The zero-order chi connectivity index (χ0) is 16.1. The van der Waals surface area contributed by atoms with Crippen LogP contribution in [0.4, 0.5) is 10.5 Å². The molecule has 6 nitrogen and oxygen atoms in total. The Morgan fingerprint density at radius 2 is 1.96 bits per heavy atom. The molecule has 1 unspecified atom stereocenters. The first kappa shape index (κ1) is 14.8. The third-order valence-corrected chi connectivity index (χ3v) is 3.39. The zero-order valence-electron chi connectivity index (χ0n) is 12.7. The van der Waals surface area contributed by atoms with Crippen LogP contribution >= 0.6 is 0 Å². The van der Waals surface area contributed by atoms with Gasteiger partial charge in [-0.15, -0.1) is 0 Å². The molecule has 23 heavy (non-hydrogen) atoms. The van der Waals surface area contributed by atoms with Crippen LogP contribution in [0.2, 0.25) is 0 Å². The number of anilines is 1. The highest BCUT2D eigenvalue weighted by atomic mass is 16.2. The quantitative estimate of drug-likeness (QED) is 0.777. The molecule has 116 valence electrons. The van der Waals surface area contributed by atoms with E-state index in [0.29, 0.717) is 11.5 Å². The summed E-state index contributed by atoms with van der Waals surface area (Å²) >= 11 is 0. The van der Waals surface area contributed by atoms with Crippen LogP contribution in [0.25, 0.3) is 5.82 Å². The second-order valence-corrected chi connectivity index (χ2v) is 5.09. The van der Waals surface area contributed by atoms with Gasteiger partial charge >= 0.3 is 6.03 Å². The van der Waals surface area contributed by atoms with Crippen molar-refractivity contribution >= 4 is 11.7 Å². The number of hydrogen-bond acceptors (Lipinski definition) is 3. The van der Waals surface area contributed by atoms with Gasteiger partial charge in [0.05, 0.1) is 17.9 Å². The molecular weight excluding hydrogens is 290 g/mol. The van der Waals surface area contributed by atoms with E-state index in [2.05, 4.69) is 20.7 Å². The predicted octanol–water partition coefficient (Wildman–Crippen LogP) is 3.15. The number of benzene rings is 1. The molecular formula is C17H17N5O. The van der Waals surface area contributed by atoms with Crippen LogP contribution in [0.5, 0.6) is 0 Å². The van der Waals surface area contributed by atoms with Gasteiger partial charge in [0.25, 0.3) is 0 Å². The van der Waals surface area contributed by atoms with Crippen LogP contribution in [0.1, 0.15) is 18.5 Å². The Morgan fingerprint density at radius 3 is 2.61 bits per heavy atom. The Balaban J connectivity index is 1.60. The number of amides is 2. The molecule has 0 saturated heterocycles. The van der Waals surface area contributed by atoms with Crippen molar-refractivity contribution in [2.75, 3.05) is 5.32 Å². The van der Waals surface area contributed by atoms with Crippen molar-refractivity contribution in [1.29, 1.82) is 0 Å². The number of nitrogens with zero attached hydrogens (tertiary/aromatic N) is 3. The smallest absolute Gasteiger partial charge is 0.319 e. The fraction of sp³-hybridized carbons (Fsp3) is 0.118. The third kappa shape index (κ3) is 3.74. The van der Waals surface area contributed by atoms with Gasteiger partial charge < -0.3 is 10.6 Å². The maximum absolute atomic E-state index is 12.0. The summed E-state index contributed by atoms with van der Waals surface area (Å²) in [5.74, 6) is 0.693. The molecule has 2 heterocycles. The monoisotopic (exact) mass is 307 g/mol. The van der Waals surface area contributed by atoms with Gasteiger partial charge in [0.1, 0.15) is 0 Å². The first-order chi connectivity index (χ1) is 11.2. The summed E-state index contributed by atoms with van der Waals surface area (Å²) in [7, 11) is 0. The summed E-state index contributed by atoms with van der Waals surface area (Å²) in [6, 6.07) is 14.9. The molecule has 2 aromatic heterocycles. The maximum Gasteiger partial charge on any atom is 0.319 e. The molecule has 6 heteroatoms. The second-order valence-electron chi connectivity index (χ2n) is 5.09. The van der Waals surface area contributed by atoms with Crippen molar-refractivity contribution < 1.29 is 4.79 Å². The first-order valence-corrected chi connectivity index (χ1v) is 7.31. The van der Waals surface area contributed by atoms with Gasteiger partial charge in [-0.2, -0.15) is 5.10 Å². The molecule has 0 radical (unpaired) electrons. The average Bonchev–Trinajstić information content (AvgIpc) is 3.11. The van der Waals surface area contributed by atoms with Crippen molar-refractivity contribution in [1.82, 2.24) is 20.1 Å². The lowest BCUT2D eigenvalue weighted by Gasteiger charge is -2.15. The van der Waals surface area contributed by atoms with Crippen LogP contribution in [-0.2, 0) is 0 Å². The van der Waals surface area contributed by atoms with Crippen LogP contribution < -0.4 is 10.6 Å². The Labute approximate surface area is 134 Å². The minimum atomic E-state index is -0.269. The van der Waals surface area contributed by atoms with Crippen LogP contribution in [0, 0.1) is 0 Å². The van der Waals surface area contributed by atoms with Crippen molar-refractivity contribution in [3.05, 3.63) is 72.7 Å². The van der Waals surface area contributed by atoms with Gasteiger partial charge in [-0.3, -0.25) is 0 Å². The molecule has 0 aliphatic heterocycles. The maximum atomic E-state index is 12.0. The Morgan fingerprint density at radius 1 is 1.13 bits per heavy atom. The SMILES string of the molecule is CC(NC(=O)Nc1ccc(-n2cccn2)nc1)c1ccccc1. The van der Waals surface area contributed by atoms with E-state index in [9.17, 15) is 4.79 Å². The number of urea groups is 1. The van der Waals surface area contributed by atoms with Crippen LogP contribution in [-0.4, -0.2) is 20.8 Å². The average molecular weight is 307 g/mol. The number of hydrogen-bond donors (Lipinski definition) is 2. The van der Waals surface area contributed by atoms with E-state index in [1.54, 1.807) is 29.2 Å². The lowest BCUT2D eigenvalue weighted by atomic mass is 10.1. The summed E-state index contributed by atoms with van der Waals surface area (Å²) in [6.45, 7) is 1.94. The Bertz CT molecular complexity index is 753. The molecule has 2 amide bonds. The van der Waals surface area contributed by atoms with E-state index in [1.165, 1.54) is 0 Å². The number of rotatable bonds is 4. The number of nitrogens with one attached hydrogen (secondary N) is 2. The predicted molar refractivity (Wildman–Crippen MR) is 88.4 cm³/mol. The number of carbonyl (C=O) groups excluding carboxylic acids is 1. The highest BCUT2D eigenvalue weighted by molar-refractivity contribution is 5.89. The van der Waals surface area contributed by atoms with E-state index in [-0.39, 0.29) is 12.1 Å². The Kier molecular flexibility index (Phi) is 4.33. The highest BCUT2D eigenvalue weighted by Crippen LogP contribution is 2.12. The number of carbonyl (C=O) groups is 1. The molecule has 0 fully saturated rings. The molecule has 0 saturated carbocycles. The molecule has 3 rings (SSSR count). The van der Waals surface area contributed by atoms with Gasteiger partial charge in [-0.1, -0.05) is 30.3 Å². The normalized spacial score (nSPS) is 11.7. The standard InChI is InChI=1S/C17H17N5O/c1-13(14-6-3-2-4-7-14)20-17(23)21-15-8-9-16(18-12-15)22-11-5-10-19-22/h2-13H,1H3,(H2,20,21,23). The summed E-state index contributed by atoms with van der Waals surface area (Å²) in [4.78, 5) is 16.3. The van der Waals surface area contributed by atoms with E-state index in [0.717, 1.165) is 5.56 Å². The van der Waals surface area contributed by atoms with E-state index in [4.69, 9.17) is 0 Å². The first-order valence-electron chi connectivity index (χ1n) is 7.31. The highest BCUT2D eigenvalue weighted by Gasteiger charge is 2.09. The summed E-state index contributed by atoms with van der Waals surface area (Å²) in [6.07, 6.45) is 5.10. The Hall–Kier alpha value is -3.15. The van der Waals surface area contributed by atoms with Gasteiger partial charge in [0, 0.05) is 12.4 Å². The van der Waals surface area contributed by atoms with E-state index >= 15 is 0 Å². The molecule has 0 bridgehead atoms. The van der Waals surface area contributed by atoms with Gasteiger partial charge in [-0.25, -0.2) is 14.5 Å². The lowest BCUT2D eigenvalue weighted by molar-refractivity contribution is 0.249. The topological polar surface area (TPSA) is 71.8 Å². The summed E-state index contributed by atoms with van der Waals surface area (Å²) < 4.78 is 1.65. The molecule has 1 atom stereocenters. The van der Waals surface area contributed by atoms with Crippen molar-refractivity contribution in [2.45, 2.75) is 13.0 Å². The van der Waals surface area contributed by atoms with Crippen LogP contribution in [0.15, 0.2) is 67.1 Å². The van der Waals surface area contributed by atoms with E-state index < -0.39 is 0 Å². The van der Waals surface area contributed by atoms with Crippen LogP contribution in [0.3, 0.4) is 0 Å². The summed E-state index contributed by atoms with van der Waals surface area (Å²) in [5, 5.41) is 9.77. The number of aromatic nitrogens is 3. The summed E-state index contributed by atoms with van der Waals surface area (Å²) in [5.41, 5.74) is 1.67. The van der Waals surface area contributed by atoms with Crippen molar-refractivity contribution in [3.8, 4) is 5.82 Å². The van der Waals surface area contributed by atoms with E-state index in [1.807, 2.05) is 49.5 Å². The minimum Gasteiger partial charge on any atom is -0.331 e. The number of pyridine rings is 1. The fourth-order valence-corrected chi connectivity index (χ4v) is 2.19. The van der Waals surface area contributed by atoms with Gasteiger partial charge in [0.15, 0.2) is 5.82 Å². The molecule has 0 aliphatic rings. The molecule has 2 N–H and O–H groups in total. The zero-order valence-corrected chi connectivity index (χ0v) is 12.7. The van der Waals surface area contributed by atoms with Crippen molar-refractivity contribution in [2.24, 2.45) is 0 Å². The largest absolute Gasteiger partial charge is 0.331 e. The fourth-order valence-electron chi connectivity index (χ4n) is 2.19. The third-order valence-electron chi connectivity index (χ3n) is 3.39. The van der Waals surface area contributed by atoms with Gasteiger partial charge in [-0.05, 0) is 30.7 Å². The molecule has 0 aliphatic carbocycles. The van der Waals surface area contributed by atoms with Crippen molar-refractivity contribution in [3.63, 3.8) is 0 Å². The minimum absolute atomic E-state index is 0.0764. The second kappa shape index (κ2) is 6.74.